The predicted molar refractivity (Wildman–Crippen MR) is 102 cm³/mol. The summed E-state index contributed by atoms with van der Waals surface area (Å²) in [6.07, 6.45) is 3.22. The van der Waals surface area contributed by atoms with Crippen LogP contribution in [-0.2, 0) is 0 Å². The first-order valence-electron chi connectivity index (χ1n) is 8.42. The average molecular weight is 372 g/mol. The molecule has 1 aliphatic carbocycles. The molecule has 1 N–H and O–H groups in total. The summed E-state index contributed by atoms with van der Waals surface area (Å²) in [4.78, 5) is 5.30. The van der Waals surface area contributed by atoms with Crippen LogP contribution in [0.5, 0.6) is 0 Å². The predicted octanol–water partition coefficient (Wildman–Crippen LogP) is 5.04. The number of nitrogens with zero attached hydrogens (tertiary/aromatic N) is 3. The quantitative estimate of drug-likeness (QED) is 0.700. The third-order valence-electron chi connectivity index (χ3n) is 4.78. The van der Waals surface area contributed by atoms with Crippen molar-refractivity contribution in [3.8, 4) is 0 Å². The van der Waals surface area contributed by atoms with Gasteiger partial charge in [-0.05, 0) is 37.1 Å². The number of alkyl halides is 1. The molecular weight excluding hydrogens is 354 g/mol. The van der Waals surface area contributed by atoms with Crippen LogP contribution in [0.2, 0.25) is 0 Å². The maximum Gasteiger partial charge on any atom is 0.157 e. The number of aryl methyl sites for hydroxylation is 2. The minimum absolute atomic E-state index is 0.383. The lowest BCUT2D eigenvalue weighted by atomic mass is 9.95. The molecule has 0 amide bonds. The lowest BCUT2D eigenvalue weighted by molar-refractivity contribution is 0.270. The van der Waals surface area contributed by atoms with Crippen molar-refractivity contribution in [2.45, 2.75) is 26.9 Å². The highest BCUT2D eigenvalue weighted by molar-refractivity contribution is 7.26. The van der Waals surface area contributed by atoms with Crippen LogP contribution in [0.4, 0.5) is 14.6 Å². The van der Waals surface area contributed by atoms with Crippen molar-refractivity contribution in [3.63, 3.8) is 0 Å². The minimum atomic E-state index is -1.55. The van der Waals surface area contributed by atoms with Crippen molar-refractivity contribution in [2.24, 2.45) is 5.92 Å². The molecular formula is C19H18F2N4S. The molecule has 134 valence electrons. The van der Waals surface area contributed by atoms with Gasteiger partial charge in [-0.2, -0.15) is 5.10 Å². The zero-order chi connectivity index (χ0) is 18.4. The number of aromatic nitrogens is 3. The van der Waals surface area contributed by atoms with Gasteiger partial charge >= 0.3 is 0 Å². The molecule has 3 heterocycles. The lowest BCUT2D eigenvalue weighted by Crippen LogP contribution is -2.18. The molecule has 4 rings (SSSR count). The number of rotatable bonds is 3. The lowest BCUT2D eigenvalue weighted by Gasteiger charge is -2.19. The maximum absolute atomic E-state index is 13.7. The third kappa shape index (κ3) is 2.76. The summed E-state index contributed by atoms with van der Waals surface area (Å²) in [5.74, 6) is -0.468. The van der Waals surface area contributed by atoms with Gasteiger partial charge in [0, 0.05) is 29.4 Å². The van der Waals surface area contributed by atoms with E-state index in [-0.39, 0.29) is 0 Å². The fourth-order valence-electron chi connectivity index (χ4n) is 3.22. The van der Waals surface area contributed by atoms with Crippen molar-refractivity contribution in [3.05, 3.63) is 47.1 Å². The first-order chi connectivity index (χ1) is 12.5. The molecule has 2 unspecified atom stereocenters. The molecule has 3 aromatic rings. The van der Waals surface area contributed by atoms with Gasteiger partial charge in [0.15, 0.2) is 6.17 Å². The topological polar surface area (TPSA) is 50.7 Å². The Hall–Kier alpha value is -2.41. The van der Waals surface area contributed by atoms with E-state index in [4.69, 9.17) is 0 Å². The number of pyridine rings is 1. The molecule has 0 saturated carbocycles. The van der Waals surface area contributed by atoms with Gasteiger partial charge in [0.05, 0.1) is 10.4 Å². The molecule has 2 atom stereocenters. The second-order valence-electron chi connectivity index (χ2n) is 6.61. The highest BCUT2D eigenvalue weighted by Crippen LogP contribution is 2.38. The number of anilines is 1. The van der Waals surface area contributed by atoms with Gasteiger partial charge in [0.1, 0.15) is 16.5 Å². The van der Waals surface area contributed by atoms with Crippen molar-refractivity contribution >= 4 is 37.5 Å². The molecule has 0 aliphatic heterocycles. The number of halogens is 2. The van der Waals surface area contributed by atoms with Crippen LogP contribution in [0.1, 0.15) is 18.2 Å². The van der Waals surface area contributed by atoms with E-state index in [1.165, 1.54) is 17.4 Å². The molecule has 0 saturated heterocycles. The average Bonchev–Trinajstić information content (AvgIpc) is 3.00. The fourth-order valence-corrected chi connectivity index (χ4v) is 4.36. The van der Waals surface area contributed by atoms with Crippen molar-refractivity contribution in [2.75, 3.05) is 11.9 Å². The molecule has 0 fully saturated rings. The zero-order valence-corrected chi connectivity index (χ0v) is 15.5. The molecule has 7 heteroatoms. The van der Waals surface area contributed by atoms with Crippen molar-refractivity contribution in [1.29, 1.82) is 0 Å². The van der Waals surface area contributed by atoms with E-state index in [9.17, 15) is 8.78 Å². The van der Waals surface area contributed by atoms with Crippen LogP contribution in [0.15, 0.2) is 35.8 Å². The number of fused-ring (bicyclic) bond motifs is 3. The Morgan fingerprint density at radius 1 is 1.27 bits per heavy atom. The Bertz CT molecular complexity index is 1070. The van der Waals surface area contributed by atoms with E-state index in [1.54, 1.807) is 19.2 Å². The summed E-state index contributed by atoms with van der Waals surface area (Å²) in [5.41, 5.74) is 2.74. The van der Waals surface area contributed by atoms with E-state index < -0.39 is 17.9 Å². The van der Waals surface area contributed by atoms with E-state index in [0.29, 0.717) is 12.4 Å². The second kappa shape index (κ2) is 6.39. The summed E-state index contributed by atoms with van der Waals surface area (Å²) in [6, 6.07) is 1.97. The van der Waals surface area contributed by atoms with Gasteiger partial charge in [0.25, 0.3) is 0 Å². The van der Waals surface area contributed by atoms with Gasteiger partial charge < -0.3 is 5.32 Å². The van der Waals surface area contributed by atoms with Crippen LogP contribution >= 0.6 is 11.3 Å². The standard InChI is InChI=1S/C19H18F2N4S/c1-9-6-12(7-14(20)16(9)21)8-23-18-17-13(4-5-22-18)15-10(2)11(3)24-25-19(15)26-17/h4-7,9,16H,8H2,1-3H3,(H,22,23). The van der Waals surface area contributed by atoms with Gasteiger partial charge in [-0.15, -0.1) is 16.4 Å². The summed E-state index contributed by atoms with van der Waals surface area (Å²) in [6.45, 7) is 6.04. The Balaban J connectivity index is 1.70. The fraction of sp³-hybridized carbons (Fsp3) is 0.316. The zero-order valence-electron chi connectivity index (χ0n) is 14.7. The minimum Gasteiger partial charge on any atom is -0.365 e. The Labute approximate surface area is 153 Å². The maximum atomic E-state index is 13.7. The summed E-state index contributed by atoms with van der Waals surface area (Å²) < 4.78 is 28.2. The van der Waals surface area contributed by atoms with Gasteiger partial charge in [-0.3, -0.25) is 0 Å². The molecule has 26 heavy (non-hydrogen) atoms. The summed E-state index contributed by atoms with van der Waals surface area (Å²) in [5, 5.41) is 13.9. The molecule has 1 aliphatic rings. The second-order valence-corrected chi connectivity index (χ2v) is 7.61. The van der Waals surface area contributed by atoms with Gasteiger partial charge in [0.2, 0.25) is 0 Å². The molecule has 0 bridgehead atoms. The van der Waals surface area contributed by atoms with E-state index >= 15 is 0 Å². The Morgan fingerprint density at radius 2 is 2.08 bits per heavy atom. The number of thiophene rings is 1. The summed E-state index contributed by atoms with van der Waals surface area (Å²) in [7, 11) is 0. The first kappa shape index (κ1) is 17.0. The van der Waals surface area contributed by atoms with Gasteiger partial charge in [-0.1, -0.05) is 13.0 Å². The van der Waals surface area contributed by atoms with Crippen molar-refractivity contribution in [1.82, 2.24) is 15.2 Å². The van der Waals surface area contributed by atoms with Crippen LogP contribution in [0.3, 0.4) is 0 Å². The number of hydrogen-bond acceptors (Lipinski definition) is 5. The monoisotopic (exact) mass is 372 g/mol. The Kier molecular flexibility index (Phi) is 4.19. The van der Waals surface area contributed by atoms with E-state index in [0.717, 1.165) is 37.1 Å². The van der Waals surface area contributed by atoms with Crippen LogP contribution in [-0.4, -0.2) is 27.9 Å². The number of hydrogen-bond donors (Lipinski definition) is 1. The molecule has 0 radical (unpaired) electrons. The number of nitrogens with one attached hydrogen (secondary N) is 1. The van der Waals surface area contributed by atoms with E-state index in [2.05, 4.69) is 20.5 Å². The van der Waals surface area contributed by atoms with Gasteiger partial charge in [-0.25, -0.2) is 13.8 Å². The molecule has 0 spiro atoms. The first-order valence-corrected chi connectivity index (χ1v) is 9.24. The smallest absolute Gasteiger partial charge is 0.157 e. The van der Waals surface area contributed by atoms with E-state index in [1.807, 2.05) is 19.9 Å². The molecule has 3 aromatic heterocycles. The highest BCUT2D eigenvalue weighted by Gasteiger charge is 2.24. The summed E-state index contributed by atoms with van der Waals surface area (Å²) >= 11 is 1.53. The Morgan fingerprint density at radius 3 is 2.85 bits per heavy atom. The van der Waals surface area contributed by atoms with Crippen LogP contribution < -0.4 is 5.32 Å². The number of allylic oxidation sites excluding steroid dienone is 2. The largest absolute Gasteiger partial charge is 0.365 e. The third-order valence-corrected chi connectivity index (χ3v) is 5.88. The van der Waals surface area contributed by atoms with Crippen molar-refractivity contribution < 1.29 is 8.78 Å². The van der Waals surface area contributed by atoms with Crippen LogP contribution in [0, 0.1) is 19.8 Å². The SMILES string of the molecule is Cc1nnc2sc3c(NCC4=CC(C)C(F)C(F)=C4)nccc3c2c1C. The normalized spacial score (nSPS) is 20.3. The molecule has 0 aromatic carbocycles. The molecule has 4 nitrogen and oxygen atoms in total. The highest BCUT2D eigenvalue weighted by atomic mass is 32.1. The van der Waals surface area contributed by atoms with Crippen LogP contribution in [0.25, 0.3) is 20.3 Å².